The zero-order valence-electron chi connectivity index (χ0n) is 12.9. The monoisotopic (exact) mass is 312 g/mol. The number of hydrogen-bond donors (Lipinski definition) is 2. The van der Waals surface area contributed by atoms with E-state index >= 15 is 0 Å². The van der Waals surface area contributed by atoms with E-state index in [1.807, 2.05) is 5.38 Å². The Bertz CT molecular complexity index is 458. The molecule has 1 aromatic heterocycles. The Morgan fingerprint density at radius 2 is 2.00 bits per heavy atom. The van der Waals surface area contributed by atoms with Crippen molar-refractivity contribution in [3.63, 3.8) is 0 Å². The van der Waals surface area contributed by atoms with Gasteiger partial charge < -0.3 is 10.6 Å². The molecular weight excluding hydrogens is 288 g/mol. The summed E-state index contributed by atoms with van der Waals surface area (Å²) in [5, 5.41) is 8.35. The van der Waals surface area contributed by atoms with Gasteiger partial charge in [-0.3, -0.25) is 14.5 Å². The third-order valence-electron chi connectivity index (χ3n) is 3.04. The summed E-state index contributed by atoms with van der Waals surface area (Å²) in [6, 6.07) is 0. The first-order chi connectivity index (χ1) is 10.0. The van der Waals surface area contributed by atoms with E-state index in [-0.39, 0.29) is 18.2 Å². The van der Waals surface area contributed by atoms with E-state index in [4.69, 9.17) is 0 Å². The van der Waals surface area contributed by atoms with E-state index in [1.54, 1.807) is 11.3 Å². The largest absolute Gasteiger partial charge is 0.356 e. The van der Waals surface area contributed by atoms with Crippen LogP contribution in [0.4, 0.5) is 0 Å². The summed E-state index contributed by atoms with van der Waals surface area (Å²) in [6.45, 7) is 9.36. The number of carbonyl (C=O) groups is 2. The SMILES string of the molecule is CCN(CC)Cc1csc(CNC(=O)CCNC(C)=O)n1. The molecule has 2 N–H and O–H groups in total. The summed E-state index contributed by atoms with van der Waals surface area (Å²) in [6.07, 6.45) is 0.289. The highest BCUT2D eigenvalue weighted by Gasteiger charge is 2.07. The molecule has 0 saturated carbocycles. The van der Waals surface area contributed by atoms with Crippen molar-refractivity contribution in [1.29, 1.82) is 0 Å². The summed E-state index contributed by atoms with van der Waals surface area (Å²) >= 11 is 1.56. The van der Waals surface area contributed by atoms with E-state index < -0.39 is 0 Å². The van der Waals surface area contributed by atoms with Crippen LogP contribution >= 0.6 is 11.3 Å². The number of hydrogen-bond acceptors (Lipinski definition) is 5. The molecule has 21 heavy (non-hydrogen) atoms. The van der Waals surface area contributed by atoms with Gasteiger partial charge >= 0.3 is 0 Å². The lowest BCUT2D eigenvalue weighted by molar-refractivity contribution is -0.121. The molecule has 0 aliphatic rings. The molecule has 0 bridgehead atoms. The van der Waals surface area contributed by atoms with Crippen molar-refractivity contribution in [2.24, 2.45) is 0 Å². The molecule has 1 aromatic rings. The highest BCUT2D eigenvalue weighted by molar-refractivity contribution is 7.09. The predicted molar refractivity (Wildman–Crippen MR) is 83.9 cm³/mol. The Morgan fingerprint density at radius 3 is 2.62 bits per heavy atom. The first-order valence-electron chi connectivity index (χ1n) is 7.21. The van der Waals surface area contributed by atoms with Crippen LogP contribution in [0.1, 0.15) is 37.9 Å². The number of thiazole rings is 1. The van der Waals surface area contributed by atoms with Gasteiger partial charge in [-0.05, 0) is 13.1 Å². The van der Waals surface area contributed by atoms with Crippen molar-refractivity contribution < 1.29 is 9.59 Å². The van der Waals surface area contributed by atoms with Gasteiger partial charge in [-0.1, -0.05) is 13.8 Å². The molecule has 118 valence electrons. The maximum absolute atomic E-state index is 11.6. The molecule has 0 saturated heterocycles. The molecule has 1 rings (SSSR count). The zero-order valence-corrected chi connectivity index (χ0v) is 13.8. The van der Waals surface area contributed by atoms with Crippen LogP contribution in [0.15, 0.2) is 5.38 Å². The van der Waals surface area contributed by atoms with Crippen molar-refractivity contribution in [2.45, 2.75) is 40.3 Å². The molecular formula is C14H24N4O2S. The van der Waals surface area contributed by atoms with Gasteiger partial charge in [-0.15, -0.1) is 11.3 Å². The van der Waals surface area contributed by atoms with E-state index in [2.05, 4.69) is 34.4 Å². The lowest BCUT2D eigenvalue weighted by Crippen LogP contribution is -2.29. The second kappa shape index (κ2) is 9.46. The fraction of sp³-hybridized carbons (Fsp3) is 0.643. The average Bonchev–Trinajstić information content (AvgIpc) is 2.89. The van der Waals surface area contributed by atoms with Crippen LogP contribution in [-0.2, 0) is 22.7 Å². The highest BCUT2D eigenvalue weighted by Crippen LogP contribution is 2.11. The Labute approximate surface area is 129 Å². The van der Waals surface area contributed by atoms with E-state index in [9.17, 15) is 9.59 Å². The van der Waals surface area contributed by atoms with E-state index in [0.717, 1.165) is 30.3 Å². The number of carbonyl (C=O) groups excluding carboxylic acids is 2. The number of amides is 2. The van der Waals surface area contributed by atoms with E-state index in [0.29, 0.717) is 13.1 Å². The van der Waals surface area contributed by atoms with Crippen LogP contribution in [0, 0.1) is 0 Å². The first-order valence-corrected chi connectivity index (χ1v) is 8.09. The van der Waals surface area contributed by atoms with Crippen molar-refractivity contribution in [1.82, 2.24) is 20.5 Å². The van der Waals surface area contributed by atoms with E-state index in [1.165, 1.54) is 6.92 Å². The molecule has 1 heterocycles. The summed E-state index contributed by atoms with van der Waals surface area (Å²) in [5.74, 6) is -0.201. The Kier molecular flexibility index (Phi) is 7.92. The van der Waals surface area contributed by atoms with Gasteiger partial charge in [-0.25, -0.2) is 4.98 Å². The molecule has 0 fully saturated rings. The molecule has 0 spiro atoms. The molecule has 6 nitrogen and oxygen atoms in total. The summed E-state index contributed by atoms with van der Waals surface area (Å²) in [5.41, 5.74) is 1.05. The van der Waals surface area contributed by atoms with Crippen molar-refractivity contribution in [2.75, 3.05) is 19.6 Å². The number of nitrogens with one attached hydrogen (secondary N) is 2. The van der Waals surface area contributed by atoms with Crippen LogP contribution in [0.25, 0.3) is 0 Å². The molecule has 0 aromatic carbocycles. The summed E-state index contributed by atoms with van der Waals surface area (Å²) in [7, 11) is 0. The molecule has 7 heteroatoms. The number of aromatic nitrogens is 1. The molecule has 0 radical (unpaired) electrons. The molecule has 2 amide bonds. The first kappa shape index (κ1) is 17.6. The van der Waals surface area contributed by atoms with Gasteiger partial charge in [0.05, 0.1) is 12.2 Å². The minimum absolute atomic E-state index is 0.0794. The van der Waals surface area contributed by atoms with Crippen LogP contribution in [0.3, 0.4) is 0 Å². The van der Waals surface area contributed by atoms with Gasteiger partial charge in [0, 0.05) is 31.8 Å². The minimum atomic E-state index is -0.122. The number of nitrogens with zero attached hydrogens (tertiary/aromatic N) is 2. The normalized spacial score (nSPS) is 10.7. The van der Waals surface area contributed by atoms with Gasteiger partial charge in [0.2, 0.25) is 11.8 Å². The van der Waals surface area contributed by atoms with Gasteiger partial charge in [0.1, 0.15) is 5.01 Å². The molecule has 0 atom stereocenters. The second-order valence-corrected chi connectivity index (χ2v) is 5.65. The van der Waals surface area contributed by atoms with Crippen LogP contribution in [0.5, 0.6) is 0 Å². The van der Waals surface area contributed by atoms with Crippen molar-refractivity contribution in [3.05, 3.63) is 16.1 Å². The van der Waals surface area contributed by atoms with Crippen LogP contribution in [-0.4, -0.2) is 41.3 Å². The quantitative estimate of drug-likeness (QED) is 0.717. The number of rotatable bonds is 9. The predicted octanol–water partition coefficient (Wildman–Crippen LogP) is 1.13. The van der Waals surface area contributed by atoms with Crippen LogP contribution < -0.4 is 10.6 Å². The second-order valence-electron chi connectivity index (χ2n) is 4.70. The lowest BCUT2D eigenvalue weighted by Gasteiger charge is -2.15. The fourth-order valence-electron chi connectivity index (χ4n) is 1.79. The summed E-state index contributed by atoms with van der Waals surface area (Å²) in [4.78, 5) is 29.1. The van der Waals surface area contributed by atoms with Gasteiger partial charge in [0.25, 0.3) is 0 Å². The smallest absolute Gasteiger partial charge is 0.222 e. The zero-order chi connectivity index (χ0) is 15.7. The van der Waals surface area contributed by atoms with Crippen molar-refractivity contribution >= 4 is 23.2 Å². The molecule has 0 aliphatic carbocycles. The lowest BCUT2D eigenvalue weighted by atomic mass is 10.4. The standard InChI is InChI=1S/C14H24N4O2S/c1-4-18(5-2)9-12-10-21-14(17-12)8-16-13(20)6-7-15-11(3)19/h10H,4-9H2,1-3H3,(H,15,19)(H,16,20). The maximum Gasteiger partial charge on any atom is 0.222 e. The highest BCUT2D eigenvalue weighted by atomic mass is 32.1. The topological polar surface area (TPSA) is 74.3 Å². The third-order valence-corrected chi connectivity index (χ3v) is 3.94. The average molecular weight is 312 g/mol. The Hall–Kier alpha value is -1.47. The summed E-state index contributed by atoms with van der Waals surface area (Å²) < 4.78 is 0. The minimum Gasteiger partial charge on any atom is -0.356 e. The van der Waals surface area contributed by atoms with Crippen LogP contribution in [0.2, 0.25) is 0 Å². The fourth-order valence-corrected chi connectivity index (χ4v) is 2.52. The Balaban J connectivity index is 2.31. The molecule has 0 aliphatic heterocycles. The third kappa shape index (κ3) is 7.19. The molecule has 0 unspecified atom stereocenters. The van der Waals surface area contributed by atoms with Crippen molar-refractivity contribution in [3.8, 4) is 0 Å². The Morgan fingerprint density at radius 1 is 1.29 bits per heavy atom. The van der Waals surface area contributed by atoms with Gasteiger partial charge in [-0.2, -0.15) is 0 Å². The maximum atomic E-state index is 11.6. The van der Waals surface area contributed by atoms with Gasteiger partial charge in [0.15, 0.2) is 0 Å².